The van der Waals surface area contributed by atoms with E-state index in [4.69, 9.17) is 10.5 Å². The zero-order valence-corrected chi connectivity index (χ0v) is 13.9. The topological polar surface area (TPSA) is 50.5 Å². The first-order valence-corrected chi connectivity index (χ1v) is 8.21. The fourth-order valence-electron chi connectivity index (χ4n) is 3.08. The van der Waals surface area contributed by atoms with Gasteiger partial charge < -0.3 is 15.8 Å². The van der Waals surface area contributed by atoms with Crippen LogP contribution in [0.1, 0.15) is 18.5 Å². The van der Waals surface area contributed by atoms with Gasteiger partial charge >= 0.3 is 0 Å². The van der Waals surface area contributed by atoms with Crippen LogP contribution in [0, 0.1) is 0 Å². The van der Waals surface area contributed by atoms with Crippen molar-refractivity contribution in [3.63, 3.8) is 0 Å². The molecule has 1 fully saturated rings. The van der Waals surface area contributed by atoms with Crippen molar-refractivity contribution in [2.45, 2.75) is 13.0 Å². The maximum Gasteiger partial charge on any atom is 0.126 e. The Bertz CT molecular complexity index is 654. The number of fused-ring (bicyclic) bond motifs is 1. The second kappa shape index (κ2) is 7.02. The van der Waals surface area contributed by atoms with E-state index in [2.05, 4.69) is 41.4 Å². The average Bonchev–Trinajstić information content (AvgIpc) is 3.27. The Morgan fingerprint density at radius 3 is 2.52 bits per heavy atom. The molecule has 0 aromatic heterocycles. The van der Waals surface area contributed by atoms with Crippen LogP contribution in [0.15, 0.2) is 42.5 Å². The van der Waals surface area contributed by atoms with E-state index in [1.165, 1.54) is 16.7 Å². The van der Waals surface area contributed by atoms with Gasteiger partial charge in [0.05, 0.1) is 7.11 Å². The third kappa shape index (κ3) is 3.66. The summed E-state index contributed by atoms with van der Waals surface area (Å²) in [5.74, 6) is 1.01. The van der Waals surface area contributed by atoms with E-state index in [1.54, 1.807) is 7.11 Å². The van der Waals surface area contributed by atoms with Gasteiger partial charge in [0.2, 0.25) is 0 Å². The van der Waals surface area contributed by atoms with Gasteiger partial charge in [-0.15, -0.1) is 0 Å². The molecule has 122 valence electrons. The molecule has 0 spiro atoms. The summed E-state index contributed by atoms with van der Waals surface area (Å²) in [6.07, 6.45) is 0. The van der Waals surface area contributed by atoms with Crippen LogP contribution in [0.5, 0.6) is 5.75 Å². The Balaban J connectivity index is 0.000000162. The molecule has 3 N–H and O–H groups in total. The number of methoxy groups -OCH3 is 1. The first-order chi connectivity index (χ1) is 11.2. The number of ether oxygens (including phenoxy) is 1. The summed E-state index contributed by atoms with van der Waals surface area (Å²) in [6.45, 7) is 6.59. The highest BCUT2D eigenvalue weighted by Crippen LogP contribution is 2.43. The maximum atomic E-state index is 5.69. The third-order valence-electron chi connectivity index (χ3n) is 4.51. The Labute approximate surface area is 138 Å². The lowest BCUT2D eigenvalue weighted by molar-refractivity contribution is 0.171. The van der Waals surface area contributed by atoms with Crippen molar-refractivity contribution in [3.8, 4) is 16.9 Å². The van der Waals surface area contributed by atoms with Crippen molar-refractivity contribution in [3.05, 3.63) is 48.0 Å². The lowest BCUT2D eigenvalue weighted by Crippen LogP contribution is -2.45. The van der Waals surface area contributed by atoms with Gasteiger partial charge in [0.15, 0.2) is 0 Å². The zero-order chi connectivity index (χ0) is 16.2. The first-order valence-electron chi connectivity index (χ1n) is 8.21. The predicted octanol–water partition coefficient (Wildman–Crippen LogP) is 2.91. The summed E-state index contributed by atoms with van der Waals surface area (Å²) in [4.78, 5) is 2.50. The third-order valence-corrected chi connectivity index (χ3v) is 4.51. The molecule has 1 heterocycles. The second-order valence-corrected chi connectivity index (χ2v) is 5.93. The minimum atomic E-state index is 0.504. The molecule has 0 radical (unpaired) electrons. The molecule has 0 saturated carbocycles. The molecule has 1 unspecified atom stereocenters. The van der Waals surface area contributed by atoms with Gasteiger partial charge in [-0.2, -0.15) is 0 Å². The first kappa shape index (κ1) is 15.8. The molecule has 1 atom stereocenters. The van der Waals surface area contributed by atoms with E-state index in [1.807, 2.05) is 18.2 Å². The summed E-state index contributed by atoms with van der Waals surface area (Å²) in [6, 6.07) is 14.9. The standard InChI is InChI=1S/C12H19N3.C7H6O/c1-2-15-8-7-14-9-12(15)10-3-5-11(13)6-4-10;1-8-7-3-2-5-4-6(5)7/h3-6,12,14H,2,7-9,13H2,1H3;2-4H,1H3. The fourth-order valence-corrected chi connectivity index (χ4v) is 3.08. The molecular formula is C19H25N3O. The SMILES string of the molecule is CCN1CCNCC1c1ccc(N)cc1.COc1ccc2cc1-2. The Morgan fingerprint density at radius 1 is 1.22 bits per heavy atom. The average molecular weight is 311 g/mol. The van der Waals surface area contributed by atoms with Crippen LogP contribution in [0.3, 0.4) is 0 Å². The number of rotatable bonds is 3. The summed E-state index contributed by atoms with van der Waals surface area (Å²) in [7, 11) is 1.70. The van der Waals surface area contributed by atoms with Crippen molar-refractivity contribution < 1.29 is 4.74 Å². The molecule has 3 aliphatic rings. The van der Waals surface area contributed by atoms with Gasteiger partial charge in [-0.25, -0.2) is 0 Å². The van der Waals surface area contributed by atoms with Crippen molar-refractivity contribution in [1.29, 1.82) is 0 Å². The number of piperazine rings is 1. The summed E-state index contributed by atoms with van der Waals surface area (Å²) < 4.78 is 5.01. The monoisotopic (exact) mass is 311 g/mol. The Morgan fingerprint density at radius 2 is 2.00 bits per heavy atom. The number of nitrogen functional groups attached to an aromatic ring is 1. The van der Waals surface area contributed by atoms with Crippen molar-refractivity contribution >= 4 is 5.69 Å². The maximum absolute atomic E-state index is 5.69. The van der Waals surface area contributed by atoms with Gasteiger partial charge in [0.25, 0.3) is 0 Å². The highest BCUT2D eigenvalue weighted by Gasteiger charge is 2.21. The lowest BCUT2D eigenvalue weighted by Gasteiger charge is -2.35. The smallest absolute Gasteiger partial charge is 0.126 e. The van der Waals surface area contributed by atoms with E-state index in [0.29, 0.717) is 6.04 Å². The second-order valence-electron chi connectivity index (χ2n) is 5.93. The van der Waals surface area contributed by atoms with Crippen molar-refractivity contribution in [1.82, 2.24) is 10.2 Å². The van der Waals surface area contributed by atoms with Gasteiger partial charge in [0.1, 0.15) is 5.75 Å². The molecule has 4 rings (SSSR count). The van der Waals surface area contributed by atoms with E-state index < -0.39 is 0 Å². The number of nitrogens with two attached hydrogens (primary N) is 1. The molecule has 2 aliphatic carbocycles. The quantitative estimate of drug-likeness (QED) is 0.730. The predicted molar refractivity (Wildman–Crippen MR) is 95.7 cm³/mol. The molecule has 0 bridgehead atoms. The molecule has 4 heteroatoms. The molecule has 1 aromatic rings. The number of benzene rings is 2. The van der Waals surface area contributed by atoms with Crippen molar-refractivity contribution in [2.24, 2.45) is 0 Å². The molecule has 1 aromatic carbocycles. The number of likely N-dealkylation sites (N-methyl/N-ethyl adjacent to an activating group) is 1. The number of nitrogens with one attached hydrogen (secondary N) is 1. The van der Waals surface area contributed by atoms with Crippen molar-refractivity contribution in [2.75, 3.05) is 39.0 Å². The van der Waals surface area contributed by atoms with E-state index >= 15 is 0 Å². The van der Waals surface area contributed by atoms with Crippen LogP contribution in [-0.4, -0.2) is 38.2 Å². The molecule has 0 amide bonds. The molecule has 4 nitrogen and oxygen atoms in total. The van der Waals surface area contributed by atoms with Crippen LogP contribution in [-0.2, 0) is 0 Å². The molecule has 1 aliphatic heterocycles. The highest BCUT2D eigenvalue weighted by molar-refractivity contribution is 5.87. The number of nitrogens with zero attached hydrogens (tertiary/aromatic N) is 1. The van der Waals surface area contributed by atoms with E-state index in [0.717, 1.165) is 37.6 Å². The highest BCUT2D eigenvalue weighted by atomic mass is 16.5. The molecule has 1 saturated heterocycles. The van der Waals surface area contributed by atoms with Crippen LogP contribution < -0.4 is 15.8 Å². The number of hydrogen-bond acceptors (Lipinski definition) is 4. The van der Waals surface area contributed by atoms with Gasteiger partial charge in [-0.3, -0.25) is 4.90 Å². The normalized spacial score (nSPS) is 18.8. The Kier molecular flexibility index (Phi) is 4.84. The van der Waals surface area contributed by atoms with E-state index in [-0.39, 0.29) is 0 Å². The van der Waals surface area contributed by atoms with Gasteiger partial charge in [0, 0.05) is 36.9 Å². The number of anilines is 1. The van der Waals surface area contributed by atoms with Gasteiger partial charge in [-0.1, -0.05) is 25.1 Å². The summed E-state index contributed by atoms with van der Waals surface area (Å²) in [5.41, 5.74) is 10.5. The fraction of sp³-hybridized carbons (Fsp3) is 0.368. The lowest BCUT2D eigenvalue weighted by atomic mass is 10.0. The van der Waals surface area contributed by atoms with Crippen LogP contribution in [0.25, 0.3) is 11.1 Å². The van der Waals surface area contributed by atoms with Crippen LogP contribution >= 0.6 is 0 Å². The summed E-state index contributed by atoms with van der Waals surface area (Å²) >= 11 is 0. The summed E-state index contributed by atoms with van der Waals surface area (Å²) in [5, 5.41) is 3.44. The Hall–Kier alpha value is -2.04. The number of hydrogen-bond donors (Lipinski definition) is 2. The van der Waals surface area contributed by atoms with E-state index in [9.17, 15) is 0 Å². The van der Waals surface area contributed by atoms with Crippen LogP contribution in [0.4, 0.5) is 5.69 Å². The molecular weight excluding hydrogens is 286 g/mol. The largest absolute Gasteiger partial charge is 0.496 e. The molecule has 23 heavy (non-hydrogen) atoms. The minimum absolute atomic E-state index is 0.504. The van der Waals surface area contributed by atoms with Crippen LogP contribution in [0.2, 0.25) is 0 Å². The van der Waals surface area contributed by atoms with Gasteiger partial charge in [-0.05, 0) is 41.9 Å². The zero-order valence-electron chi connectivity index (χ0n) is 13.9. The minimum Gasteiger partial charge on any atom is -0.496 e.